The van der Waals surface area contributed by atoms with Crippen molar-refractivity contribution in [3.8, 4) is 0 Å². The van der Waals surface area contributed by atoms with Crippen molar-refractivity contribution in [2.45, 2.75) is 24.9 Å². The molecule has 0 spiro atoms. The van der Waals surface area contributed by atoms with E-state index >= 15 is 0 Å². The average molecular weight is 230 g/mol. The number of aliphatic hydroxyl groups is 1. The van der Waals surface area contributed by atoms with Gasteiger partial charge in [0.15, 0.2) is 0 Å². The molecule has 0 saturated heterocycles. The second-order valence-electron chi connectivity index (χ2n) is 4.50. The van der Waals surface area contributed by atoms with Crippen LogP contribution in [-0.4, -0.2) is 5.11 Å². The lowest BCUT2D eigenvalue weighted by Crippen LogP contribution is -2.24. The van der Waals surface area contributed by atoms with Gasteiger partial charge < -0.3 is 5.11 Å². The Morgan fingerprint density at radius 3 is 2.94 bits per heavy atom. The molecule has 2 heteroatoms. The van der Waals surface area contributed by atoms with Gasteiger partial charge in [-0.05, 0) is 46.4 Å². The predicted octanol–water partition coefficient (Wildman–Crippen LogP) is 3.12. The molecular weight excluding hydrogens is 216 g/mol. The lowest BCUT2D eigenvalue weighted by molar-refractivity contribution is 0.0391. The predicted molar refractivity (Wildman–Crippen MR) is 66.7 cm³/mol. The Morgan fingerprint density at radius 2 is 2.12 bits per heavy atom. The first-order valence-corrected chi connectivity index (χ1v) is 6.54. The summed E-state index contributed by atoms with van der Waals surface area (Å²) in [4.78, 5) is 0. The van der Waals surface area contributed by atoms with Crippen molar-refractivity contribution in [1.82, 2.24) is 0 Å². The van der Waals surface area contributed by atoms with E-state index in [1.807, 2.05) is 6.07 Å². The second kappa shape index (κ2) is 3.72. The highest BCUT2D eigenvalue weighted by Crippen LogP contribution is 2.39. The van der Waals surface area contributed by atoms with E-state index in [9.17, 15) is 5.11 Å². The van der Waals surface area contributed by atoms with Gasteiger partial charge in [0.2, 0.25) is 0 Å². The van der Waals surface area contributed by atoms with Crippen LogP contribution in [0, 0.1) is 0 Å². The Morgan fingerprint density at radius 1 is 1.25 bits per heavy atom. The lowest BCUT2D eigenvalue weighted by atomic mass is 9.90. The fraction of sp³-hybridized carbons (Fsp3) is 0.286. The van der Waals surface area contributed by atoms with E-state index in [1.165, 1.54) is 11.1 Å². The van der Waals surface area contributed by atoms with E-state index in [0.29, 0.717) is 0 Å². The number of aryl methyl sites for hydroxylation is 1. The van der Waals surface area contributed by atoms with E-state index < -0.39 is 5.60 Å². The van der Waals surface area contributed by atoms with Crippen molar-refractivity contribution < 1.29 is 5.11 Å². The quantitative estimate of drug-likeness (QED) is 0.840. The molecule has 0 amide bonds. The monoisotopic (exact) mass is 230 g/mol. The number of thiophene rings is 1. The summed E-state index contributed by atoms with van der Waals surface area (Å²) in [5.41, 5.74) is 3.03. The number of fused-ring (bicyclic) bond motifs is 1. The first-order chi connectivity index (χ1) is 7.78. The van der Waals surface area contributed by atoms with Gasteiger partial charge in [0.05, 0.1) is 5.60 Å². The Bertz CT molecular complexity index is 489. The van der Waals surface area contributed by atoms with E-state index in [4.69, 9.17) is 0 Å². The highest BCUT2D eigenvalue weighted by molar-refractivity contribution is 7.07. The average Bonchev–Trinajstić information content (AvgIpc) is 2.89. The Kier molecular flexibility index (Phi) is 2.34. The molecule has 16 heavy (non-hydrogen) atoms. The highest BCUT2D eigenvalue weighted by Gasteiger charge is 2.36. The Labute approximate surface area is 99.4 Å². The van der Waals surface area contributed by atoms with Crippen molar-refractivity contribution in [2.24, 2.45) is 0 Å². The molecular formula is C14H14OS. The molecule has 1 aliphatic carbocycles. The number of rotatable bonds is 2. The molecule has 1 atom stereocenters. The van der Waals surface area contributed by atoms with E-state index in [1.54, 1.807) is 11.3 Å². The largest absolute Gasteiger partial charge is 0.385 e. The molecule has 0 fully saturated rings. The molecule has 1 aromatic heterocycles. The molecule has 1 N–H and O–H groups in total. The van der Waals surface area contributed by atoms with Gasteiger partial charge in [-0.15, -0.1) is 0 Å². The van der Waals surface area contributed by atoms with Gasteiger partial charge in [0.25, 0.3) is 0 Å². The van der Waals surface area contributed by atoms with Gasteiger partial charge in [-0.3, -0.25) is 0 Å². The van der Waals surface area contributed by atoms with Crippen LogP contribution in [-0.2, 0) is 18.4 Å². The van der Waals surface area contributed by atoms with Crippen molar-refractivity contribution in [3.05, 3.63) is 57.8 Å². The van der Waals surface area contributed by atoms with E-state index in [-0.39, 0.29) is 0 Å². The minimum atomic E-state index is -0.641. The first-order valence-electron chi connectivity index (χ1n) is 5.60. The van der Waals surface area contributed by atoms with Crippen molar-refractivity contribution in [1.29, 1.82) is 0 Å². The van der Waals surface area contributed by atoms with Crippen LogP contribution in [0.4, 0.5) is 0 Å². The first kappa shape index (κ1) is 10.1. The van der Waals surface area contributed by atoms with Gasteiger partial charge >= 0.3 is 0 Å². The van der Waals surface area contributed by atoms with Crippen LogP contribution >= 0.6 is 11.3 Å². The summed E-state index contributed by atoms with van der Waals surface area (Å²) in [5, 5.41) is 14.9. The number of hydrogen-bond acceptors (Lipinski definition) is 2. The van der Waals surface area contributed by atoms with Gasteiger partial charge in [0, 0.05) is 6.42 Å². The third-order valence-electron chi connectivity index (χ3n) is 3.40. The molecule has 1 unspecified atom stereocenters. The maximum atomic E-state index is 10.7. The lowest BCUT2D eigenvalue weighted by Gasteiger charge is -2.23. The Hall–Kier alpha value is -1.12. The smallest absolute Gasteiger partial charge is 0.0942 e. The minimum absolute atomic E-state index is 0.641. The number of hydrogen-bond donors (Lipinski definition) is 1. The SMILES string of the molecule is OC1(Cc2ccsc2)CCc2ccccc21. The van der Waals surface area contributed by atoms with Gasteiger partial charge in [-0.25, -0.2) is 0 Å². The van der Waals surface area contributed by atoms with Crippen molar-refractivity contribution in [2.75, 3.05) is 0 Å². The van der Waals surface area contributed by atoms with Crippen LogP contribution < -0.4 is 0 Å². The molecule has 1 aromatic carbocycles. The molecule has 1 nitrogen and oxygen atoms in total. The van der Waals surface area contributed by atoms with Crippen LogP contribution in [0.2, 0.25) is 0 Å². The maximum absolute atomic E-state index is 10.7. The molecule has 0 radical (unpaired) electrons. The third-order valence-corrected chi connectivity index (χ3v) is 4.14. The molecule has 1 aliphatic rings. The maximum Gasteiger partial charge on any atom is 0.0942 e. The summed E-state index contributed by atoms with van der Waals surface area (Å²) < 4.78 is 0. The molecule has 3 rings (SSSR count). The van der Waals surface area contributed by atoms with Crippen LogP contribution in [0.1, 0.15) is 23.1 Å². The zero-order valence-electron chi connectivity index (χ0n) is 9.02. The molecule has 1 heterocycles. The van der Waals surface area contributed by atoms with Gasteiger partial charge in [-0.1, -0.05) is 24.3 Å². The fourth-order valence-corrected chi connectivity index (χ4v) is 3.25. The third kappa shape index (κ3) is 1.58. The van der Waals surface area contributed by atoms with Crippen LogP contribution in [0.15, 0.2) is 41.1 Å². The van der Waals surface area contributed by atoms with Gasteiger partial charge in [-0.2, -0.15) is 11.3 Å². The number of benzene rings is 1. The van der Waals surface area contributed by atoms with E-state index in [2.05, 4.69) is 35.0 Å². The zero-order chi connectivity index (χ0) is 11.0. The molecule has 0 bridgehead atoms. The molecule has 2 aromatic rings. The topological polar surface area (TPSA) is 20.2 Å². The summed E-state index contributed by atoms with van der Waals surface area (Å²) >= 11 is 1.69. The van der Waals surface area contributed by atoms with Crippen molar-refractivity contribution >= 4 is 11.3 Å². The minimum Gasteiger partial charge on any atom is -0.385 e. The highest BCUT2D eigenvalue weighted by atomic mass is 32.1. The summed E-state index contributed by atoms with van der Waals surface area (Å²) in [6.45, 7) is 0. The molecule has 0 saturated carbocycles. The van der Waals surface area contributed by atoms with Crippen LogP contribution in [0.3, 0.4) is 0 Å². The van der Waals surface area contributed by atoms with Crippen LogP contribution in [0.25, 0.3) is 0 Å². The Balaban J connectivity index is 1.95. The van der Waals surface area contributed by atoms with E-state index in [0.717, 1.165) is 24.8 Å². The van der Waals surface area contributed by atoms with Gasteiger partial charge in [0.1, 0.15) is 0 Å². The summed E-state index contributed by atoms with van der Waals surface area (Å²) in [5.74, 6) is 0. The second-order valence-corrected chi connectivity index (χ2v) is 5.28. The summed E-state index contributed by atoms with van der Waals surface area (Å²) in [6, 6.07) is 10.4. The normalized spacial score (nSPS) is 23.3. The molecule has 0 aliphatic heterocycles. The summed E-state index contributed by atoms with van der Waals surface area (Å²) in [6.07, 6.45) is 2.59. The summed E-state index contributed by atoms with van der Waals surface area (Å²) in [7, 11) is 0. The standard InChI is InChI=1S/C14H14OS/c15-14(9-11-6-8-16-10-11)7-5-12-3-1-2-4-13(12)14/h1-4,6,8,10,15H,5,7,9H2. The van der Waals surface area contributed by atoms with Crippen molar-refractivity contribution in [3.63, 3.8) is 0 Å². The zero-order valence-corrected chi connectivity index (χ0v) is 9.83. The fourth-order valence-electron chi connectivity index (χ4n) is 2.58. The molecule has 82 valence electrons. The van der Waals surface area contributed by atoms with Crippen LogP contribution in [0.5, 0.6) is 0 Å².